The molecule has 104 valence electrons. The maximum Gasteiger partial charge on any atom is 0.231 e. The molecule has 0 saturated heterocycles. The normalized spacial score (nSPS) is 14.2. The van der Waals surface area contributed by atoms with E-state index in [9.17, 15) is 0 Å². The van der Waals surface area contributed by atoms with Crippen LogP contribution in [0.1, 0.15) is 18.5 Å². The van der Waals surface area contributed by atoms with Crippen LogP contribution in [0.25, 0.3) is 0 Å². The van der Waals surface area contributed by atoms with Crippen LogP contribution < -0.4 is 14.8 Å². The highest BCUT2D eigenvalue weighted by Gasteiger charge is 2.16. The van der Waals surface area contributed by atoms with E-state index >= 15 is 0 Å². The predicted octanol–water partition coefficient (Wildman–Crippen LogP) is 4.85. The summed E-state index contributed by atoms with van der Waals surface area (Å²) in [5.74, 6) is 1.61. The van der Waals surface area contributed by atoms with Crippen molar-refractivity contribution in [2.24, 2.45) is 0 Å². The van der Waals surface area contributed by atoms with Gasteiger partial charge in [-0.2, -0.15) is 0 Å². The van der Waals surface area contributed by atoms with Crippen LogP contribution in [0, 0.1) is 3.57 Å². The third-order valence-electron chi connectivity index (χ3n) is 3.20. The Labute approximate surface area is 136 Å². The maximum absolute atomic E-state index is 5.97. The van der Waals surface area contributed by atoms with E-state index in [1.165, 1.54) is 0 Å². The average Bonchev–Trinajstić information content (AvgIpc) is 2.89. The zero-order chi connectivity index (χ0) is 14.1. The Morgan fingerprint density at radius 2 is 1.95 bits per heavy atom. The highest BCUT2D eigenvalue weighted by atomic mass is 127. The topological polar surface area (TPSA) is 30.5 Å². The molecule has 0 aliphatic carbocycles. The summed E-state index contributed by atoms with van der Waals surface area (Å²) in [6.07, 6.45) is 0. The molecule has 0 amide bonds. The average molecular weight is 402 g/mol. The minimum atomic E-state index is 0.166. The number of nitrogens with one attached hydrogen (secondary N) is 1. The first-order valence-corrected chi connectivity index (χ1v) is 7.70. The van der Waals surface area contributed by atoms with Gasteiger partial charge in [0.15, 0.2) is 11.5 Å². The lowest BCUT2D eigenvalue weighted by molar-refractivity contribution is 0.174. The molecule has 1 aliphatic heterocycles. The Hall–Kier alpha value is -1.14. The molecule has 1 N–H and O–H groups in total. The second kappa shape index (κ2) is 5.69. The van der Waals surface area contributed by atoms with Gasteiger partial charge in [0.05, 0.1) is 0 Å². The molecule has 0 saturated carbocycles. The van der Waals surface area contributed by atoms with E-state index in [0.29, 0.717) is 6.79 Å². The summed E-state index contributed by atoms with van der Waals surface area (Å²) >= 11 is 8.25. The van der Waals surface area contributed by atoms with E-state index in [2.05, 4.69) is 34.8 Å². The van der Waals surface area contributed by atoms with E-state index in [1.54, 1.807) is 0 Å². The van der Waals surface area contributed by atoms with Gasteiger partial charge in [-0.15, -0.1) is 0 Å². The Balaban J connectivity index is 1.80. The first-order chi connectivity index (χ1) is 9.63. The third-order valence-corrected chi connectivity index (χ3v) is 4.33. The van der Waals surface area contributed by atoms with E-state index in [4.69, 9.17) is 21.1 Å². The minimum Gasteiger partial charge on any atom is -0.454 e. The molecular weight excluding hydrogens is 389 g/mol. The van der Waals surface area contributed by atoms with E-state index in [-0.39, 0.29) is 6.04 Å². The monoisotopic (exact) mass is 401 g/mol. The van der Waals surface area contributed by atoms with Crippen molar-refractivity contribution in [3.8, 4) is 11.5 Å². The van der Waals surface area contributed by atoms with Gasteiger partial charge in [0, 0.05) is 20.3 Å². The lowest BCUT2D eigenvalue weighted by Gasteiger charge is -2.17. The van der Waals surface area contributed by atoms with Gasteiger partial charge >= 0.3 is 0 Å². The summed E-state index contributed by atoms with van der Waals surface area (Å²) in [5, 5.41) is 4.23. The molecule has 20 heavy (non-hydrogen) atoms. The molecule has 0 radical (unpaired) electrons. The van der Waals surface area contributed by atoms with Gasteiger partial charge < -0.3 is 14.8 Å². The summed E-state index contributed by atoms with van der Waals surface area (Å²) < 4.78 is 11.8. The highest BCUT2D eigenvalue weighted by Crippen LogP contribution is 2.35. The molecule has 1 atom stereocenters. The predicted molar refractivity (Wildman–Crippen MR) is 88.8 cm³/mol. The Morgan fingerprint density at radius 1 is 1.15 bits per heavy atom. The number of ether oxygens (including phenoxy) is 2. The van der Waals surface area contributed by atoms with Crippen molar-refractivity contribution in [1.82, 2.24) is 0 Å². The Bertz CT molecular complexity index is 648. The van der Waals surface area contributed by atoms with Crippen molar-refractivity contribution in [3.63, 3.8) is 0 Å². The van der Waals surface area contributed by atoms with E-state index in [0.717, 1.165) is 31.3 Å². The quantitative estimate of drug-likeness (QED) is 0.746. The first kappa shape index (κ1) is 13.8. The van der Waals surface area contributed by atoms with Crippen LogP contribution in [-0.2, 0) is 0 Å². The summed E-state index contributed by atoms with van der Waals surface area (Å²) in [5.41, 5.74) is 2.22. The maximum atomic E-state index is 5.97. The van der Waals surface area contributed by atoms with Gasteiger partial charge in [0.25, 0.3) is 0 Å². The van der Waals surface area contributed by atoms with Gasteiger partial charge in [-0.05, 0) is 65.4 Å². The van der Waals surface area contributed by atoms with E-state index in [1.807, 2.05) is 36.4 Å². The van der Waals surface area contributed by atoms with Gasteiger partial charge in [0.1, 0.15) is 0 Å². The van der Waals surface area contributed by atoms with Crippen molar-refractivity contribution in [3.05, 3.63) is 50.6 Å². The van der Waals surface area contributed by atoms with Crippen LogP contribution >= 0.6 is 34.2 Å². The van der Waals surface area contributed by atoms with Crippen LogP contribution in [0.15, 0.2) is 36.4 Å². The SMILES string of the molecule is CC(Nc1ccc(Cl)cc1I)c1ccc2c(c1)OCO2. The number of hydrogen-bond acceptors (Lipinski definition) is 3. The fourth-order valence-electron chi connectivity index (χ4n) is 2.11. The molecular formula is C15H13ClINO2. The lowest BCUT2D eigenvalue weighted by Crippen LogP contribution is -2.07. The van der Waals surface area contributed by atoms with Crippen LogP contribution in [0.5, 0.6) is 11.5 Å². The van der Waals surface area contributed by atoms with Gasteiger partial charge in [-0.25, -0.2) is 0 Å². The lowest BCUT2D eigenvalue weighted by atomic mass is 10.1. The molecule has 3 nitrogen and oxygen atoms in total. The molecule has 3 rings (SSSR count). The number of rotatable bonds is 3. The fraction of sp³-hybridized carbons (Fsp3) is 0.200. The van der Waals surface area contributed by atoms with Crippen LogP contribution in [0.2, 0.25) is 5.02 Å². The number of halogens is 2. The van der Waals surface area contributed by atoms with Crippen molar-refractivity contribution in [2.75, 3.05) is 12.1 Å². The number of hydrogen-bond donors (Lipinski definition) is 1. The first-order valence-electron chi connectivity index (χ1n) is 6.24. The molecule has 0 aromatic heterocycles. The fourth-order valence-corrected chi connectivity index (χ4v) is 3.13. The molecule has 0 fully saturated rings. The highest BCUT2D eigenvalue weighted by molar-refractivity contribution is 14.1. The zero-order valence-corrected chi connectivity index (χ0v) is 13.7. The van der Waals surface area contributed by atoms with Crippen molar-refractivity contribution in [2.45, 2.75) is 13.0 Å². The number of benzene rings is 2. The van der Waals surface area contributed by atoms with Gasteiger partial charge in [-0.1, -0.05) is 17.7 Å². The Kier molecular flexibility index (Phi) is 3.94. The second-order valence-electron chi connectivity index (χ2n) is 4.60. The zero-order valence-electron chi connectivity index (χ0n) is 10.8. The summed E-state index contributed by atoms with van der Waals surface area (Å²) in [6.45, 7) is 2.41. The molecule has 1 heterocycles. The Morgan fingerprint density at radius 3 is 2.75 bits per heavy atom. The summed E-state index contributed by atoms with van der Waals surface area (Å²) in [4.78, 5) is 0. The standard InChI is InChI=1S/C15H13ClINO2/c1-9(18-13-4-3-11(16)7-12(13)17)10-2-5-14-15(6-10)20-8-19-14/h2-7,9,18H,8H2,1H3. The van der Waals surface area contributed by atoms with Crippen LogP contribution in [0.4, 0.5) is 5.69 Å². The molecule has 0 bridgehead atoms. The van der Waals surface area contributed by atoms with Crippen molar-refractivity contribution < 1.29 is 9.47 Å². The van der Waals surface area contributed by atoms with Gasteiger partial charge in [-0.3, -0.25) is 0 Å². The third kappa shape index (κ3) is 2.81. The molecule has 2 aromatic rings. The van der Waals surface area contributed by atoms with Crippen LogP contribution in [-0.4, -0.2) is 6.79 Å². The molecule has 1 aliphatic rings. The molecule has 2 aromatic carbocycles. The summed E-state index contributed by atoms with van der Waals surface area (Å²) in [7, 11) is 0. The van der Waals surface area contributed by atoms with Crippen LogP contribution in [0.3, 0.4) is 0 Å². The van der Waals surface area contributed by atoms with E-state index < -0.39 is 0 Å². The number of anilines is 1. The second-order valence-corrected chi connectivity index (χ2v) is 6.20. The van der Waals surface area contributed by atoms with Crippen molar-refractivity contribution >= 4 is 39.9 Å². The number of fused-ring (bicyclic) bond motifs is 1. The largest absolute Gasteiger partial charge is 0.454 e. The molecule has 5 heteroatoms. The van der Waals surface area contributed by atoms with Crippen molar-refractivity contribution in [1.29, 1.82) is 0 Å². The summed E-state index contributed by atoms with van der Waals surface area (Å²) in [6, 6.07) is 12.0. The van der Waals surface area contributed by atoms with Gasteiger partial charge in [0.2, 0.25) is 6.79 Å². The minimum absolute atomic E-state index is 0.166. The molecule has 0 spiro atoms. The molecule has 1 unspecified atom stereocenters. The smallest absolute Gasteiger partial charge is 0.231 e.